The molecule has 2 rings (SSSR count). The molecule has 0 aromatic carbocycles. The Bertz CT molecular complexity index is 534. The molecule has 2 heterocycles. The number of phosphoric acid groups is 1. The fourth-order valence-corrected chi connectivity index (χ4v) is 4.41. The molecule has 0 saturated carbocycles. The maximum absolute atomic E-state index is 12.5. The zero-order chi connectivity index (χ0) is 21.1. The zero-order valence-electron chi connectivity index (χ0n) is 17.6. The van der Waals surface area contributed by atoms with E-state index >= 15 is 0 Å². The Morgan fingerprint density at radius 1 is 1.11 bits per heavy atom. The van der Waals surface area contributed by atoms with Crippen molar-refractivity contribution in [2.45, 2.75) is 103 Å². The van der Waals surface area contributed by atoms with Crippen molar-refractivity contribution in [1.82, 2.24) is 0 Å². The van der Waals surface area contributed by atoms with Crippen LogP contribution in [-0.4, -0.2) is 73.0 Å². The first-order chi connectivity index (χ1) is 13.0. The highest BCUT2D eigenvalue weighted by molar-refractivity contribution is 7.47. The standard InChI is InChI=1S/C18H36NO8P/c1-10(2)22-8-16-18(17(19)13(6)26-16)27-28(20,21)23-9-15-14(24-11(3)4)7-12(5)25-15/h10-18H,7-9,19H2,1-6H3,(H,20,21)/t12-,13-,14?,15?,16+,17?,18?/m0/s1. The van der Waals surface area contributed by atoms with E-state index in [0.29, 0.717) is 6.42 Å². The van der Waals surface area contributed by atoms with Gasteiger partial charge in [-0.15, -0.1) is 0 Å². The molecule has 166 valence electrons. The van der Waals surface area contributed by atoms with Crippen LogP contribution in [0.25, 0.3) is 0 Å². The van der Waals surface area contributed by atoms with E-state index in [1.54, 1.807) is 6.92 Å². The van der Waals surface area contributed by atoms with Crippen LogP contribution < -0.4 is 5.73 Å². The lowest BCUT2D eigenvalue weighted by Crippen LogP contribution is -2.42. The first-order valence-electron chi connectivity index (χ1n) is 9.97. The molecule has 2 saturated heterocycles. The monoisotopic (exact) mass is 425 g/mol. The van der Waals surface area contributed by atoms with Crippen molar-refractivity contribution in [3.8, 4) is 0 Å². The third-order valence-corrected chi connectivity index (χ3v) is 5.75. The van der Waals surface area contributed by atoms with Gasteiger partial charge >= 0.3 is 7.82 Å². The summed E-state index contributed by atoms with van der Waals surface area (Å²) in [6.45, 7) is 11.5. The summed E-state index contributed by atoms with van der Waals surface area (Å²) >= 11 is 0. The Hall–Kier alpha value is -0.0900. The van der Waals surface area contributed by atoms with Gasteiger partial charge in [0.1, 0.15) is 18.3 Å². The molecule has 0 aromatic heterocycles. The van der Waals surface area contributed by atoms with Crippen molar-refractivity contribution in [2.75, 3.05) is 13.2 Å². The second-order valence-corrected chi connectivity index (χ2v) is 9.52. The van der Waals surface area contributed by atoms with Crippen LogP contribution in [0.5, 0.6) is 0 Å². The summed E-state index contributed by atoms with van der Waals surface area (Å²) in [5, 5.41) is 0. The first-order valence-corrected chi connectivity index (χ1v) is 11.5. The largest absolute Gasteiger partial charge is 0.472 e. The minimum atomic E-state index is -4.37. The Balaban J connectivity index is 1.93. The third-order valence-electron chi connectivity index (χ3n) is 4.76. The molecule has 8 atom stereocenters. The quantitative estimate of drug-likeness (QED) is 0.507. The van der Waals surface area contributed by atoms with Crippen LogP contribution in [0.4, 0.5) is 0 Å². The lowest BCUT2D eigenvalue weighted by molar-refractivity contribution is -0.0701. The van der Waals surface area contributed by atoms with E-state index in [2.05, 4.69) is 0 Å². The van der Waals surface area contributed by atoms with Crippen molar-refractivity contribution in [3.63, 3.8) is 0 Å². The van der Waals surface area contributed by atoms with Crippen molar-refractivity contribution in [1.29, 1.82) is 0 Å². The smallest absolute Gasteiger partial charge is 0.376 e. The Morgan fingerprint density at radius 2 is 1.79 bits per heavy atom. The van der Waals surface area contributed by atoms with Gasteiger partial charge in [-0.25, -0.2) is 4.57 Å². The van der Waals surface area contributed by atoms with Crippen molar-refractivity contribution >= 4 is 7.82 Å². The van der Waals surface area contributed by atoms with E-state index in [-0.39, 0.29) is 43.7 Å². The number of phosphoric ester groups is 1. The maximum atomic E-state index is 12.5. The summed E-state index contributed by atoms with van der Waals surface area (Å²) < 4.78 is 46.0. The van der Waals surface area contributed by atoms with Gasteiger partial charge < -0.3 is 29.6 Å². The molecular weight excluding hydrogens is 389 g/mol. The molecule has 0 radical (unpaired) electrons. The Labute approximate surface area is 167 Å². The molecule has 2 fully saturated rings. The fraction of sp³-hybridized carbons (Fsp3) is 1.00. The van der Waals surface area contributed by atoms with Gasteiger partial charge in [0.05, 0.1) is 49.8 Å². The molecule has 10 heteroatoms. The molecule has 28 heavy (non-hydrogen) atoms. The predicted molar refractivity (Wildman–Crippen MR) is 103 cm³/mol. The summed E-state index contributed by atoms with van der Waals surface area (Å²) in [6.07, 6.45) is -1.60. The van der Waals surface area contributed by atoms with Crippen LogP contribution in [-0.2, 0) is 32.6 Å². The second-order valence-electron chi connectivity index (χ2n) is 8.12. The van der Waals surface area contributed by atoms with Crippen LogP contribution in [0, 0.1) is 0 Å². The minimum Gasteiger partial charge on any atom is -0.376 e. The summed E-state index contributed by atoms with van der Waals surface area (Å²) in [5.41, 5.74) is 6.10. The highest BCUT2D eigenvalue weighted by Gasteiger charge is 2.46. The molecule has 0 amide bonds. The minimum absolute atomic E-state index is 0.00652. The van der Waals surface area contributed by atoms with Gasteiger partial charge in [-0.2, -0.15) is 0 Å². The van der Waals surface area contributed by atoms with Crippen LogP contribution >= 0.6 is 7.82 Å². The van der Waals surface area contributed by atoms with E-state index in [4.69, 9.17) is 33.7 Å². The van der Waals surface area contributed by atoms with E-state index in [1.807, 2.05) is 34.6 Å². The summed E-state index contributed by atoms with van der Waals surface area (Å²) in [7, 11) is -4.37. The highest BCUT2D eigenvalue weighted by atomic mass is 31.2. The SMILES string of the molecule is CC(C)OC[C@H]1O[C@@H](C)C(N)C1OP(=O)(O)OCC1O[C@@H](C)CC1OC(C)C. The topological polar surface area (TPSA) is 119 Å². The van der Waals surface area contributed by atoms with Gasteiger partial charge in [0, 0.05) is 6.42 Å². The number of rotatable bonds is 10. The van der Waals surface area contributed by atoms with Crippen LogP contribution in [0.1, 0.15) is 48.0 Å². The van der Waals surface area contributed by atoms with Crippen LogP contribution in [0.2, 0.25) is 0 Å². The first kappa shape index (κ1) is 24.2. The maximum Gasteiger partial charge on any atom is 0.472 e. The molecular formula is C18H36NO8P. The normalized spacial score (nSPS) is 38.4. The fourth-order valence-electron chi connectivity index (χ4n) is 3.43. The summed E-state index contributed by atoms with van der Waals surface area (Å²) in [4.78, 5) is 10.2. The van der Waals surface area contributed by atoms with Gasteiger partial charge in [-0.05, 0) is 41.5 Å². The average molecular weight is 425 g/mol. The van der Waals surface area contributed by atoms with Gasteiger partial charge in [0.15, 0.2) is 0 Å². The van der Waals surface area contributed by atoms with E-state index in [1.165, 1.54) is 0 Å². The molecule has 5 unspecified atom stereocenters. The lowest BCUT2D eigenvalue weighted by Gasteiger charge is -2.26. The number of hydrogen-bond donors (Lipinski definition) is 2. The Morgan fingerprint density at radius 3 is 2.39 bits per heavy atom. The third kappa shape index (κ3) is 7.00. The molecule has 0 aliphatic carbocycles. The van der Waals surface area contributed by atoms with E-state index < -0.39 is 32.2 Å². The van der Waals surface area contributed by atoms with Gasteiger partial charge in [-0.1, -0.05) is 0 Å². The van der Waals surface area contributed by atoms with Crippen molar-refractivity contribution < 1.29 is 37.5 Å². The molecule has 2 aliphatic heterocycles. The van der Waals surface area contributed by atoms with Gasteiger partial charge in [0.25, 0.3) is 0 Å². The summed E-state index contributed by atoms with van der Waals surface area (Å²) in [6, 6.07) is -0.565. The second kappa shape index (κ2) is 10.3. The van der Waals surface area contributed by atoms with Crippen molar-refractivity contribution in [3.05, 3.63) is 0 Å². The van der Waals surface area contributed by atoms with Crippen LogP contribution in [0.15, 0.2) is 0 Å². The predicted octanol–water partition coefficient (Wildman–Crippen LogP) is 2.00. The molecule has 2 aliphatic rings. The average Bonchev–Trinajstić information content (AvgIpc) is 3.04. The molecule has 9 nitrogen and oxygen atoms in total. The molecule has 0 spiro atoms. The number of ether oxygens (including phenoxy) is 4. The van der Waals surface area contributed by atoms with Crippen molar-refractivity contribution in [2.24, 2.45) is 5.73 Å². The Kier molecular flexibility index (Phi) is 8.88. The van der Waals surface area contributed by atoms with Crippen LogP contribution in [0.3, 0.4) is 0 Å². The molecule has 3 N–H and O–H groups in total. The van der Waals surface area contributed by atoms with Gasteiger partial charge in [0.2, 0.25) is 0 Å². The molecule has 0 aromatic rings. The van der Waals surface area contributed by atoms with Gasteiger partial charge in [-0.3, -0.25) is 9.05 Å². The molecule has 0 bridgehead atoms. The number of hydrogen-bond acceptors (Lipinski definition) is 8. The van der Waals surface area contributed by atoms with E-state index in [9.17, 15) is 9.46 Å². The lowest BCUT2D eigenvalue weighted by atomic mass is 10.1. The summed E-state index contributed by atoms with van der Waals surface area (Å²) in [5.74, 6) is 0. The zero-order valence-corrected chi connectivity index (χ0v) is 18.5. The number of nitrogens with two attached hydrogens (primary N) is 1. The highest BCUT2D eigenvalue weighted by Crippen LogP contribution is 2.47. The van der Waals surface area contributed by atoms with E-state index in [0.717, 1.165) is 0 Å².